The van der Waals surface area contributed by atoms with Crippen LogP contribution in [-0.2, 0) is 9.53 Å². The summed E-state index contributed by atoms with van der Waals surface area (Å²) in [6.45, 7) is 0.696. The smallest absolute Gasteiger partial charge is 0.238 e. The zero-order valence-electron chi connectivity index (χ0n) is 6.25. The minimum atomic E-state index is -0.657. The Morgan fingerprint density at radius 2 is 2.36 bits per heavy atom. The van der Waals surface area contributed by atoms with Crippen molar-refractivity contribution in [2.45, 2.75) is 30.7 Å². The van der Waals surface area contributed by atoms with Crippen molar-refractivity contribution in [3.63, 3.8) is 0 Å². The summed E-state index contributed by atoms with van der Waals surface area (Å²) in [6.07, 6.45) is 2.81. The highest BCUT2D eigenvalue weighted by Crippen LogP contribution is 2.18. The maximum Gasteiger partial charge on any atom is 0.238 e. The second-order valence-electron chi connectivity index (χ2n) is 2.71. The minimum Gasteiger partial charge on any atom is -0.376 e. The first kappa shape index (κ1) is 8.81. The highest BCUT2D eigenvalue weighted by atomic mass is 35.5. The van der Waals surface area contributed by atoms with Crippen LogP contribution < -0.4 is 5.73 Å². The van der Waals surface area contributed by atoms with Crippen LogP contribution in [0.5, 0.6) is 0 Å². The molecule has 1 saturated heterocycles. The Labute approximate surface area is 70.8 Å². The van der Waals surface area contributed by atoms with Crippen molar-refractivity contribution in [2.75, 3.05) is 6.61 Å². The molecule has 3 nitrogen and oxygen atoms in total. The third-order valence-electron chi connectivity index (χ3n) is 1.81. The van der Waals surface area contributed by atoms with Gasteiger partial charge >= 0.3 is 0 Å². The fraction of sp³-hybridized carbons (Fsp3) is 0.857. The van der Waals surface area contributed by atoms with Crippen molar-refractivity contribution < 1.29 is 9.53 Å². The maximum absolute atomic E-state index is 10.6. The molecule has 64 valence electrons. The zero-order chi connectivity index (χ0) is 8.27. The number of alkyl halides is 1. The van der Waals surface area contributed by atoms with E-state index in [1.807, 2.05) is 0 Å². The molecule has 0 saturated carbocycles. The number of nitrogens with two attached hydrogens (primary N) is 1. The van der Waals surface area contributed by atoms with Crippen molar-refractivity contribution in [2.24, 2.45) is 5.73 Å². The number of halogens is 1. The van der Waals surface area contributed by atoms with E-state index in [4.69, 9.17) is 22.1 Å². The molecule has 11 heavy (non-hydrogen) atoms. The normalized spacial score (nSPS) is 27.9. The van der Waals surface area contributed by atoms with Gasteiger partial charge in [0.15, 0.2) is 0 Å². The third-order valence-corrected chi connectivity index (χ3v) is 2.31. The Morgan fingerprint density at radius 3 is 2.82 bits per heavy atom. The van der Waals surface area contributed by atoms with E-state index in [-0.39, 0.29) is 6.10 Å². The molecule has 1 fully saturated rings. The molecule has 4 heteroatoms. The monoisotopic (exact) mass is 177 g/mol. The summed E-state index contributed by atoms with van der Waals surface area (Å²) in [7, 11) is 0. The van der Waals surface area contributed by atoms with Gasteiger partial charge in [-0.05, 0) is 19.3 Å². The Balaban J connectivity index is 2.38. The van der Waals surface area contributed by atoms with Crippen LogP contribution in [0.1, 0.15) is 19.3 Å². The number of amides is 1. The Morgan fingerprint density at radius 1 is 1.64 bits per heavy atom. The van der Waals surface area contributed by atoms with Crippen molar-refractivity contribution in [3.8, 4) is 0 Å². The van der Waals surface area contributed by atoms with E-state index < -0.39 is 11.3 Å². The lowest BCUT2D eigenvalue weighted by atomic mass is 10.1. The van der Waals surface area contributed by atoms with Crippen LogP contribution in [0.3, 0.4) is 0 Å². The standard InChI is InChI=1S/C7H12ClNO2/c8-6(7(9)10)5-3-1-2-4-11-5/h5-6H,1-4H2,(H2,9,10). The molecule has 0 aromatic rings. The average molecular weight is 178 g/mol. The second-order valence-corrected chi connectivity index (χ2v) is 3.18. The van der Waals surface area contributed by atoms with Crippen LogP contribution in [0.4, 0.5) is 0 Å². The van der Waals surface area contributed by atoms with E-state index in [0.29, 0.717) is 6.61 Å². The van der Waals surface area contributed by atoms with E-state index >= 15 is 0 Å². The molecule has 0 spiro atoms. The van der Waals surface area contributed by atoms with Gasteiger partial charge in [0.05, 0.1) is 6.10 Å². The van der Waals surface area contributed by atoms with Gasteiger partial charge in [0.25, 0.3) is 0 Å². The van der Waals surface area contributed by atoms with E-state index in [0.717, 1.165) is 19.3 Å². The second kappa shape index (κ2) is 3.93. The van der Waals surface area contributed by atoms with E-state index in [1.54, 1.807) is 0 Å². The van der Waals surface area contributed by atoms with Gasteiger partial charge in [-0.15, -0.1) is 11.6 Å². The van der Waals surface area contributed by atoms with E-state index in [9.17, 15) is 4.79 Å². The molecule has 1 amide bonds. The number of hydrogen-bond donors (Lipinski definition) is 1. The summed E-state index contributed by atoms with van der Waals surface area (Å²) >= 11 is 5.69. The highest BCUT2D eigenvalue weighted by molar-refractivity contribution is 6.31. The number of carbonyl (C=O) groups is 1. The zero-order valence-corrected chi connectivity index (χ0v) is 7.01. The lowest BCUT2D eigenvalue weighted by molar-refractivity contribution is -0.121. The van der Waals surface area contributed by atoms with Crippen molar-refractivity contribution in [1.29, 1.82) is 0 Å². The van der Waals surface area contributed by atoms with Crippen LogP contribution in [0.25, 0.3) is 0 Å². The molecular formula is C7H12ClNO2. The van der Waals surface area contributed by atoms with Gasteiger partial charge in [0.2, 0.25) is 5.91 Å². The topological polar surface area (TPSA) is 52.3 Å². The predicted octanol–water partition coefficient (Wildman–Crippen LogP) is 0.648. The molecule has 1 rings (SSSR count). The fourth-order valence-electron chi connectivity index (χ4n) is 1.18. The molecule has 2 N–H and O–H groups in total. The molecule has 2 atom stereocenters. The molecule has 2 unspecified atom stereocenters. The lowest BCUT2D eigenvalue weighted by Crippen LogP contribution is -2.38. The Hall–Kier alpha value is -0.280. The van der Waals surface area contributed by atoms with Gasteiger partial charge in [0.1, 0.15) is 5.38 Å². The average Bonchev–Trinajstić information content (AvgIpc) is 2.05. The Bertz CT molecular complexity index is 145. The minimum absolute atomic E-state index is 0.164. The first-order valence-electron chi connectivity index (χ1n) is 3.77. The van der Waals surface area contributed by atoms with Crippen molar-refractivity contribution in [1.82, 2.24) is 0 Å². The van der Waals surface area contributed by atoms with Gasteiger partial charge in [-0.1, -0.05) is 0 Å². The van der Waals surface area contributed by atoms with Gasteiger partial charge in [-0.3, -0.25) is 4.79 Å². The molecule has 1 aliphatic heterocycles. The van der Waals surface area contributed by atoms with Gasteiger partial charge in [0, 0.05) is 6.61 Å². The molecule has 0 radical (unpaired) electrons. The van der Waals surface area contributed by atoms with Crippen LogP contribution in [-0.4, -0.2) is 24.0 Å². The summed E-state index contributed by atoms with van der Waals surface area (Å²) < 4.78 is 5.27. The number of primary amides is 1. The van der Waals surface area contributed by atoms with Gasteiger partial charge < -0.3 is 10.5 Å². The van der Waals surface area contributed by atoms with Crippen LogP contribution >= 0.6 is 11.6 Å². The molecule has 0 aromatic carbocycles. The summed E-state index contributed by atoms with van der Waals surface area (Å²) in [5.74, 6) is -0.487. The largest absolute Gasteiger partial charge is 0.376 e. The molecule has 1 aliphatic rings. The lowest BCUT2D eigenvalue weighted by Gasteiger charge is -2.24. The van der Waals surface area contributed by atoms with E-state index in [1.165, 1.54) is 0 Å². The number of ether oxygens (including phenoxy) is 1. The number of hydrogen-bond acceptors (Lipinski definition) is 2. The summed E-state index contributed by atoms with van der Waals surface area (Å²) in [6, 6.07) is 0. The first-order chi connectivity index (χ1) is 5.22. The predicted molar refractivity (Wildman–Crippen MR) is 42.4 cm³/mol. The molecular weight excluding hydrogens is 166 g/mol. The quantitative estimate of drug-likeness (QED) is 0.630. The SMILES string of the molecule is NC(=O)C(Cl)C1CCCCO1. The van der Waals surface area contributed by atoms with Crippen molar-refractivity contribution >= 4 is 17.5 Å². The van der Waals surface area contributed by atoms with Gasteiger partial charge in [-0.25, -0.2) is 0 Å². The molecule has 0 bridgehead atoms. The highest BCUT2D eigenvalue weighted by Gasteiger charge is 2.26. The Kier molecular flexibility index (Phi) is 3.15. The summed E-state index contributed by atoms with van der Waals surface area (Å²) in [5, 5.41) is -0.657. The fourth-order valence-corrected chi connectivity index (χ4v) is 1.38. The van der Waals surface area contributed by atoms with Gasteiger partial charge in [-0.2, -0.15) is 0 Å². The van der Waals surface area contributed by atoms with Crippen molar-refractivity contribution in [3.05, 3.63) is 0 Å². The number of carbonyl (C=O) groups excluding carboxylic acids is 1. The van der Waals surface area contributed by atoms with E-state index in [2.05, 4.69) is 0 Å². The van der Waals surface area contributed by atoms with Crippen LogP contribution in [0, 0.1) is 0 Å². The summed E-state index contributed by atoms with van der Waals surface area (Å²) in [4.78, 5) is 10.6. The third kappa shape index (κ3) is 2.34. The van der Waals surface area contributed by atoms with Crippen LogP contribution in [0.15, 0.2) is 0 Å². The molecule has 0 aliphatic carbocycles. The van der Waals surface area contributed by atoms with Crippen LogP contribution in [0.2, 0.25) is 0 Å². The summed E-state index contributed by atoms with van der Waals surface area (Å²) in [5.41, 5.74) is 5.02. The molecule has 1 heterocycles. The number of rotatable bonds is 2. The maximum atomic E-state index is 10.6. The first-order valence-corrected chi connectivity index (χ1v) is 4.20. The molecule has 0 aromatic heterocycles.